The van der Waals surface area contributed by atoms with Gasteiger partial charge in [-0.15, -0.1) is 0 Å². The van der Waals surface area contributed by atoms with Crippen molar-refractivity contribution in [3.63, 3.8) is 0 Å². The minimum absolute atomic E-state index is 0.214. The van der Waals surface area contributed by atoms with Crippen LogP contribution in [0.1, 0.15) is 30.1 Å². The first-order valence-corrected chi connectivity index (χ1v) is 6.84. The third-order valence-corrected chi connectivity index (χ3v) is 4.06. The number of rotatable bonds is 2. The zero-order chi connectivity index (χ0) is 13.3. The smallest absolute Gasteiger partial charge is 0.168 e. The predicted octanol–water partition coefficient (Wildman–Crippen LogP) is 2.03. The van der Waals surface area contributed by atoms with Gasteiger partial charge in [0.15, 0.2) is 17.3 Å². The number of piperidine rings is 1. The maximum absolute atomic E-state index is 12.7. The van der Waals surface area contributed by atoms with Gasteiger partial charge in [-0.2, -0.15) is 0 Å². The van der Waals surface area contributed by atoms with Crippen molar-refractivity contribution in [1.29, 1.82) is 0 Å². The lowest BCUT2D eigenvalue weighted by molar-refractivity contribution is 0.0761. The molecule has 0 spiro atoms. The Hall–Kier alpha value is -1.55. The van der Waals surface area contributed by atoms with E-state index in [1.165, 1.54) is 0 Å². The average Bonchev–Trinajstić information content (AvgIpc) is 2.47. The molecule has 0 bridgehead atoms. The number of hydrogen-bond donors (Lipinski definition) is 1. The number of benzene rings is 1. The van der Waals surface area contributed by atoms with Crippen LogP contribution in [0.5, 0.6) is 11.5 Å². The van der Waals surface area contributed by atoms with E-state index in [0.717, 1.165) is 37.2 Å². The van der Waals surface area contributed by atoms with E-state index >= 15 is 0 Å². The van der Waals surface area contributed by atoms with E-state index in [9.17, 15) is 4.79 Å². The lowest BCUT2D eigenvalue weighted by Crippen LogP contribution is -2.40. The van der Waals surface area contributed by atoms with Gasteiger partial charge < -0.3 is 14.8 Å². The Kier molecular flexibility index (Phi) is 3.19. The summed E-state index contributed by atoms with van der Waals surface area (Å²) in [6.45, 7) is 5.00. The van der Waals surface area contributed by atoms with E-state index < -0.39 is 0 Å². The van der Waals surface area contributed by atoms with Gasteiger partial charge in [0.1, 0.15) is 13.2 Å². The Bertz CT molecular complexity index is 492. The summed E-state index contributed by atoms with van der Waals surface area (Å²) in [5.74, 6) is 1.64. The Labute approximate surface area is 113 Å². The van der Waals surface area contributed by atoms with Crippen LogP contribution in [0.15, 0.2) is 18.2 Å². The molecular weight excluding hydrogens is 242 g/mol. The van der Waals surface area contributed by atoms with Crippen molar-refractivity contribution >= 4 is 5.78 Å². The first kappa shape index (κ1) is 12.5. The third-order valence-electron chi connectivity index (χ3n) is 4.06. The van der Waals surface area contributed by atoms with Crippen LogP contribution >= 0.6 is 0 Å². The zero-order valence-electron chi connectivity index (χ0n) is 11.2. The van der Waals surface area contributed by atoms with Crippen LogP contribution < -0.4 is 14.8 Å². The van der Waals surface area contributed by atoms with Crippen LogP contribution in [-0.2, 0) is 0 Å². The van der Waals surface area contributed by atoms with E-state index in [0.29, 0.717) is 19.0 Å². The maximum atomic E-state index is 12.7. The fourth-order valence-electron chi connectivity index (χ4n) is 2.74. The fourth-order valence-corrected chi connectivity index (χ4v) is 2.74. The maximum Gasteiger partial charge on any atom is 0.168 e. The summed E-state index contributed by atoms with van der Waals surface area (Å²) in [5, 5.41) is 3.30. The molecule has 0 unspecified atom stereocenters. The number of hydrogen-bond acceptors (Lipinski definition) is 4. The molecule has 0 amide bonds. The van der Waals surface area contributed by atoms with Crippen molar-refractivity contribution in [3.05, 3.63) is 23.8 Å². The van der Waals surface area contributed by atoms with Gasteiger partial charge in [0, 0.05) is 11.0 Å². The van der Waals surface area contributed by atoms with Crippen molar-refractivity contribution in [3.8, 4) is 11.5 Å². The molecule has 0 atom stereocenters. The van der Waals surface area contributed by atoms with Gasteiger partial charge in [-0.1, -0.05) is 6.92 Å². The summed E-state index contributed by atoms with van der Waals surface area (Å²) in [6.07, 6.45) is 1.78. The van der Waals surface area contributed by atoms with Gasteiger partial charge in [-0.25, -0.2) is 0 Å². The second-order valence-corrected chi connectivity index (χ2v) is 5.50. The highest BCUT2D eigenvalue weighted by Crippen LogP contribution is 2.36. The number of nitrogens with one attached hydrogen (secondary N) is 1. The predicted molar refractivity (Wildman–Crippen MR) is 72.0 cm³/mol. The zero-order valence-corrected chi connectivity index (χ0v) is 11.2. The van der Waals surface area contributed by atoms with Gasteiger partial charge in [-0.3, -0.25) is 4.79 Å². The number of Topliss-reactive ketones (excluding diaryl/α,β-unsaturated/α-hetero) is 1. The molecule has 1 aromatic rings. The van der Waals surface area contributed by atoms with Crippen LogP contribution in [0, 0.1) is 5.41 Å². The van der Waals surface area contributed by atoms with Crippen LogP contribution in [0.4, 0.5) is 0 Å². The molecule has 102 valence electrons. The quantitative estimate of drug-likeness (QED) is 0.828. The standard InChI is InChI=1S/C15H19NO3/c1-15(4-6-16-7-5-15)14(17)11-2-3-12-13(10-11)19-9-8-18-12/h2-3,10,16H,4-9H2,1H3. The molecule has 1 N–H and O–H groups in total. The summed E-state index contributed by atoms with van der Waals surface area (Å²) in [6, 6.07) is 5.51. The van der Waals surface area contributed by atoms with Crippen LogP contribution in [0.3, 0.4) is 0 Å². The van der Waals surface area contributed by atoms with Crippen LogP contribution in [0.25, 0.3) is 0 Å². The molecule has 4 heteroatoms. The van der Waals surface area contributed by atoms with Crippen molar-refractivity contribution < 1.29 is 14.3 Å². The number of ether oxygens (including phenoxy) is 2. The molecular formula is C15H19NO3. The Morgan fingerprint density at radius 1 is 1.16 bits per heavy atom. The first-order chi connectivity index (χ1) is 9.19. The molecule has 0 aromatic heterocycles. The van der Waals surface area contributed by atoms with Crippen LogP contribution in [0.2, 0.25) is 0 Å². The van der Waals surface area contributed by atoms with E-state index in [2.05, 4.69) is 12.2 Å². The van der Waals surface area contributed by atoms with E-state index in [1.54, 1.807) is 0 Å². The van der Waals surface area contributed by atoms with E-state index in [1.807, 2.05) is 18.2 Å². The largest absolute Gasteiger partial charge is 0.486 e. The molecule has 2 aliphatic heterocycles. The molecule has 1 saturated heterocycles. The molecule has 0 aliphatic carbocycles. The van der Waals surface area contributed by atoms with Gasteiger partial charge in [0.05, 0.1) is 0 Å². The molecule has 0 radical (unpaired) electrons. The van der Waals surface area contributed by atoms with Crippen molar-refractivity contribution in [1.82, 2.24) is 5.32 Å². The summed E-state index contributed by atoms with van der Waals surface area (Å²) < 4.78 is 11.0. The van der Waals surface area contributed by atoms with Crippen LogP contribution in [-0.4, -0.2) is 32.1 Å². The Balaban J connectivity index is 1.87. The topological polar surface area (TPSA) is 47.6 Å². The number of carbonyl (C=O) groups is 1. The molecule has 3 rings (SSSR count). The molecule has 19 heavy (non-hydrogen) atoms. The highest BCUT2D eigenvalue weighted by atomic mass is 16.6. The Morgan fingerprint density at radius 2 is 1.84 bits per heavy atom. The molecule has 4 nitrogen and oxygen atoms in total. The fraction of sp³-hybridized carbons (Fsp3) is 0.533. The number of carbonyl (C=O) groups excluding carboxylic acids is 1. The number of fused-ring (bicyclic) bond motifs is 1. The second-order valence-electron chi connectivity index (χ2n) is 5.50. The lowest BCUT2D eigenvalue weighted by Gasteiger charge is -2.32. The Morgan fingerprint density at radius 3 is 2.58 bits per heavy atom. The van der Waals surface area contributed by atoms with Gasteiger partial charge >= 0.3 is 0 Å². The summed E-state index contributed by atoms with van der Waals surface area (Å²) in [4.78, 5) is 12.7. The highest BCUT2D eigenvalue weighted by molar-refractivity contribution is 6.00. The normalized spacial score (nSPS) is 20.9. The second kappa shape index (κ2) is 4.85. The van der Waals surface area contributed by atoms with Gasteiger partial charge in [0.2, 0.25) is 0 Å². The summed E-state index contributed by atoms with van der Waals surface area (Å²) in [7, 11) is 0. The molecule has 2 aliphatic rings. The van der Waals surface area contributed by atoms with Gasteiger partial charge in [0.25, 0.3) is 0 Å². The minimum Gasteiger partial charge on any atom is -0.486 e. The van der Waals surface area contributed by atoms with Crippen molar-refractivity contribution in [2.45, 2.75) is 19.8 Å². The van der Waals surface area contributed by atoms with Gasteiger partial charge in [-0.05, 0) is 44.1 Å². The lowest BCUT2D eigenvalue weighted by atomic mass is 9.75. The van der Waals surface area contributed by atoms with E-state index in [4.69, 9.17) is 9.47 Å². The first-order valence-electron chi connectivity index (χ1n) is 6.84. The molecule has 0 saturated carbocycles. The highest BCUT2D eigenvalue weighted by Gasteiger charge is 2.35. The molecule has 2 heterocycles. The summed E-state index contributed by atoms with van der Waals surface area (Å²) in [5.41, 5.74) is 0.475. The van der Waals surface area contributed by atoms with Crippen molar-refractivity contribution in [2.75, 3.05) is 26.3 Å². The average molecular weight is 261 g/mol. The summed E-state index contributed by atoms with van der Waals surface area (Å²) >= 11 is 0. The molecule has 1 fully saturated rings. The molecule has 1 aromatic carbocycles. The van der Waals surface area contributed by atoms with E-state index in [-0.39, 0.29) is 11.2 Å². The monoisotopic (exact) mass is 261 g/mol. The van der Waals surface area contributed by atoms with Crippen molar-refractivity contribution in [2.24, 2.45) is 5.41 Å². The number of ketones is 1. The third kappa shape index (κ3) is 2.32. The minimum atomic E-state index is -0.255. The SMILES string of the molecule is CC1(C(=O)c2ccc3c(c2)OCCO3)CCNCC1.